The quantitative estimate of drug-likeness (QED) is 0.654. The Hall–Kier alpha value is -0.960. The number of hydrogen-bond acceptors (Lipinski definition) is 6. The van der Waals surface area contributed by atoms with Gasteiger partial charge in [0.25, 0.3) is 0 Å². The predicted octanol–water partition coefficient (Wildman–Crippen LogP) is 4.52. The maximum atomic E-state index is 12.8. The minimum absolute atomic E-state index is 0.291. The van der Waals surface area contributed by atoms with Gasteiger partial charge in [0, 0.05) is 36.3 Å². The second kappa shape index (κ2) is 8.82. The van der Waals surface area contributed by atoms with Crippen molar-refractivity contribution >= 4 is 33.1 Å². The molecule has 0 aliphatic carbocycles. The first-order valence-electron chi connectivity index (χ1n) is 9.00. The van der Waals surface area contributed by atoms with Crippen LogP contribution < -0.4 is 0 Å². The zero-order valence-corrected chi connectivity index (χ0v) is 17.7. The Bertz CT molecular complexity index is 808. The summed E-state index contributed by atoms with van der Waals surface area (Å²) in [6.45, 7) is 5.50. The fourth-order valence-electron chi connectivity index (χ4n) is 2.84. The van der Waals surface area contributed by atoms with E-state index in [-0.39, 0.29) is 0 Å². The largest absolute Gasteiger partial charge is 0.249 e. The molecule has 1 fully saturated rings. The minimum atomic E-state index is -3.42. The third-order valence-electron chi connectivity index (χ3n) is 4.34. The van der Waals surface area contributed by atoms with Crippen LogP contribution in [-0.4, -0.2) is 35.8 Å². The van der Waals surface area contributed by atoms with Crippen molar-refractivity contribution in [2.45, 2.75) is 61.1 Å². The van der Waals surface area contributed by atoms with Crippen LogP contribution in [0.4, 0.5) is 0 Å². The Labute approximate surface area is 164 Å². The standard InChI is InChI=1S/C18H25N3O2S3/c1-14(2)18-20-15(13-25-18)12-24-17-8-7-16(11-19-17)26(22,23)21-9-5-3-4-6-10-21/h7-8,11,13-14H,3-6,9-10,12H2,1-2H3. The van der Waals surface area contributed by atoms with Gasteiger partial charge in [-0.3, -0.25) is 0 Å². The molecule has 0 amide bonds. The van der Waals surface area contributed by atoms with Crippen LogP contribution in [-0.2, 0) is 15.8 Å². The van der Waals surface area contributed by atoms with Crippen molar-refractivity contribution in [1.82, 2.24) is 14.3 Å². The average Bonchev–Trinajstić information content (AvgIpc) is 2.93. The van der Waals surface area contributed by atoms with E-state index in [4.69, 9.17) is 0 Å². The summed E-state index contributed by atoms with van der Waals surface area (Å²) in [7, 11) is -3.42. The smallest absolute Gasteiger partial charge is 0.244 e. The highest BCUT2D eigenvalue weighted by Gasteiger charge is 2.25. The third kappa shape index (κ3) is 4.85. The molecule has 0 aromatic carbocycles. The van der Waals surface area contributed by atoms with E-state index in [0.717, 1.165) is 47.2 Å². The molecule has 1 aliphatic heterocycles. The van der Waals surface area contributed by atoms with E-state index in [1.54, 1.807) is 39.5 Å². The first-order valence-corrected chi connectivity index (χ1v) is 12.3. The van der Waals surface area contributed by atoms with E-state index in [9.17, 15) is 8.42 Å². The molecule has 8 heteroatoms. The number of thiazole rings is 1. The lowest BCUT2D eigenvalue weighted by molar-refractivity contribution is 0.423. The van der Waals surface area contributed by atoms with Crippen molar-refractivity contribution in [2.24, 2.45) is 0 Å². The van der Waals surface area contributed by atoms with Gasteiger partial charge in [0.2, 0.25) is 10.0 Å². The normalized spacial score (nSPS) is 16.7. The van der Waals surface area contributed by atoms with Gasteiger partial charge >= 0.3 is 0 Å². The minimum Gasteiger partial charge on any atom is -0.249 e. The van der Waals surface area contributed by atoms with Gasteiger partial charge < -0.3 is 0 Å². The summed E-state index contributed by atoms with van der Waals surface area (Å²) in [4.78, 5) is 9.26. The van der Waals surface area contributed by atoms with Gasteiger partial charge in [0.15, 0.2) is 0 Å². The first kappa shape index (κ1) is 19.8. The summed E-state index contributed by atoms with van der Waals surface area (Å²) in [6, 6.07) is 3.47. The second-order valence-electron chi connectivity index (χ2n) is 6.77. The lowest BCUT2D eigenvalue weighted by Gasteiger charge is -2.19. The molecule has 1 saturated heterocycles. The van der Waals surface area contributed by atoms with E-state index < -0.39 is 10.0 Å². The molecule has 0 radical (unpaired) electrons. The number of hydrogen-bond donors (Lipinski definition) is 0. The van der Waals surface area contributed by atoms with Crippen molar-refractivity contribution < 1.29 is 8.42 Å². The molecule has 1 aliphatic rings. The molecule has 0 unspecified atom stereocenters. The van der Waals surface area contributed by atoms with Crippen molar-refractivity contribution in [3.05, 3.63) is 34.4 Å². The summed E-state index contributed by atoms with van der Waals surface area (Å²) < 4.78 is 27.1. The highest BCUT2D eigenvalue weighted by molar-refractivity contribution is 7.98. The van der Waals surface area contributed by atoms with Crippen molar-refractivity contribution in [2.75, 3.05) is 13.1 Å². The van der Waals surface area contributed by atoms with Crippen LogP contribution in [0, 0.1) is 0 Å². The maximum absolute atomic E-state index is 12.8. The molecule has 0 bridgehead atoms. The van der Waals surface area contributed by atoms with Gasteiger partial charge in [0.05, 0.1) is 15.7 Å². The van der Waals surface area contributed by atoms with Gasteiger partial charge in [-0.15, -0.1) is 23.1 Å². The summed E-state index contributed by atoms with van der Waals surface area (Å²) in [5.41, 5.74) is 1.05. The summed E-state index contributed by atoms with van der Waals surface area (Å²) in [5, 5.41) is 4.05. The second-order valence-corrected chi connectivity index (χ2v) is 10.6. The number of nitrogens with zero attached hydrogens (tertiary/aromatic N) is 3. The number of pyridine rings is 1. The van der Waals surface area contributed by atoms with Crippen molar-refractivity contribution in [3.63, 3.8) is 0 Å². The van der Waals surface area contributed by atoms with E-state index in [1.807, 2.05) is 0 Å². The fourth-order valence-corrected chi connectivity index (χ4v) is 5.98. The van der Waals surface area contributed by atoms with Gasteiger partial charge in [-0.05, 0) is 25.0 Å². The monoisotopic (exact) mass is 411 g/mol. The Morgan fingerprint density at radius 3 is 2.50 bits per heavy atom. The molecule has 0 N–H and O–H groups in total. The third-order valence-corrected chi connectivity index (χ3v) is 8.40. The Morgan fingerprint density at radius 1 is 1.19 bits per heavy atom. The average molecular weight is 412 g/mol. The molecular weight excluding hydrogens is 386 g/mol. The van der Waals surface area contributed by atoms with E-state index in [2.05, 4.69) is 29.2 Å². The van der Waals surface area contributed by atoms with Crippen LogP contribution >= 0.6 is 23.1 Å². The van der Waals surface area contributed by atoms with Crippen LogP contribution in [0.5, 0.6) is 0 Å². The molecule has 5 nitrogen and oxygen atoms in total. The first-order chi connectivity index (χ1) is 12.5. The summed E-state index contributed by atoms with van der Waals surface area (Å²) >= 11 is 3.27. The zero-order chi connectivity index (χ0) is 18.6. The van der Waals surface area contributed by atoms with E-state index in [1.165, 1.54) is 6.20 Å². The Balaban J connectivity index is 1.63. The van der Waals surface area contributed by atoms with Crippen LogP contribution in [0.25, 0.3) is 0 Å². The molecule has 3 rings (SSSR count). The van der Waals surface area contributed by atoms with Crippen LogP contribution in [0.3, 0.4) is 0 Å². The molecular formula is C18H25N3O2S3. The van der Waals surface area contributed by atoms with Crippen molar-refractivity contribution in [1.29, 1.82) is 0 Å². The molecule has 2 aromatic rings. The van der Waals surface area contributed by atoms with E-state index >= 15 is 0 Å². The predicted molar refractivity (Wildman–Crippen MR) is 107 cm³/mol. The molecule has 0 atom stereocenters. The lowest BCUT2D eigenvalue weighted by atomic mass is 10.2. The topological polar surface area (TPSA) is 63.2 Å². The molecule has 3 heterocycles. The molecule has 0 saturated carbocycles. The van der Waals surface area contributed by atoms with Crippen LogP contribution in [0.2, 0.25) is 0 Å². The highest BCUT2D eigenvalue weighted by atomic mass is 32.2. The van der Waals surface area contributed by atoms with Crippen LogP contribution in [0.1, 0.15) is 56.2 Å². The molecule has 26 heavy (non-hydrogen) atoms. The van der Waals surface area contributed by atoms with Crippen molar-refractivity contribution in [3.8, 4) is 0 Å². The SMILES string of the molecule is CC(C)c1nc(CSc2ccc(S(=O)(=O)N3CCCCCC3)cn2)cs1. The molecule has 142 valence electrons. The number of sulfonamides is 1. The number of rotatable bonds is 6. The fraction of sp³-hybridized carbons (Fsp3) is 0.556. The Morgan fingerprint density at radius 2 is 1.92 bits per heavy atom. The van der Waals surface area contributed by atoms with Gasteiger partial charge in [0.1, 0.15) is 4.90 Å². The van der Waals surface area contributed by atoms with Crippen LogP contribution in [0.15, 0.2) is 33.6 Å². The number of aromatic nitrogens is 2. The molecule has 0 spiro atoms. The zero-order valence-electron chi connectivity index (χ0n) is 15.2. The van der Waals surface area contributed by atoms with E-state index in [0.29, 0.717) is 23.9 Å². The lowest BCUT2D eigenvalue weighted by Crippen LogP contribution is -2.32. The number of thioether (sulfide) groups is 1. The highest BCUT2D eigenvalue weighted by Crippen LogP contribution is 2.26. The summed E-state index contributed by atoms with van der Waals surface area (Å²) in [5.74, 6) is 1.19. The van der Waals surface area contributed by atoms with Gasteiger partial charge in [-0.2, -0.15) is 4.31 Å². The van der Waals surface area contributed by atoms with Gasteiger partial charge in [-0.1, -0.05) is 26.7 Å². The maximum Gasteiger partial charge on any atom is 0.244 e. The van der Waals surface area contributed by atoms with Gasteiger partial charge in [-0.25, -0.2) is 18.4 Å². The Kier molecular flexibility index (Phi) is 6.71. The summed E-state index contributed by atoms with van der Waals surface area (Å²) in [6.07, 6.45) is 5.58. The molecule has 2 aromatic heterocycles.